The molecule has 0 heterocycles. The molecule has 0 spiro atoms. The molecule has 19 nitrogen and oxygen atoms in total. The molecule has 27 heavy (non-hydrogen) atoms. The monoisotopic (exact) mass is 464 g/mol. The van der Waals surface area contributed by atoms with Crippen LogP contribution in [0.5, 0.6) is 0 Å². The molecule has 0 bridgehead atoms. The third-order valence-electron chi connectivity index (χ3n) is 0. The molecule has 0 saturated carbocycles. The summed E-state index contributed by atoms with van der Waals surface area (Å²) in [5, 5.41) is 111. The van der Waals surface area contributed by atoms with E-state index in [-0.39, 0.29) is 132 Å². The van der Waals surface area contributed by atoms with Gasteiger partial charge in [-0.3, -0.25) is 7.32 Å². The Bertz CT molecular complexity index is 92.7. The van der Waals surface area contributed by atoms with Gasteiger partial charge in [0.1, 0.15) is 0 Å². The Balaban J connectivity index is -0.00000000978. The summed E-state index contributed by atoms with van der Waals surface area (Å²) in [6.45, 7) is 0. The molecular weight excluding hydrogens is 443 g/mol. The molecule has 0 aliphatic carbocycles. The largest absolute Gasteiger partial charge is 1.00 e. The van der Waals surface area contributed by atoms with E-state index in [0.717, 1.165) is 0 Å². The van der Waals surface area contributed by atoms with Gasteiger partial charge in [0.15, 0.2) is 0 Å². The quantitative estimate of drug-likeness (QED) is 0.148. The predicted octanol–water partition coefficient (Wildman–Crippen LogP) is -24.4. The normalized spacial score (nSPS) is 5.00. The zero-order valence-electron chi connectivity index (χ0n) is 14.5. The first-order chi connectivity index (χ1) is 8.66. The van der Waals surface area contributed by atoms with Crippen LogP contribution in [0.1, 0.15) is 0 Å². The van der Waals surface area contributed by atoms with E-state index < -0.39 is 36.6 Å². The predicted molar refractivity (Wildman–Crippen MR) is 69.9 cm³/mol. The van der Waals surface area contributed by atoms with Gasteiger partial charge in [-0.25, -0.2) is 0 Å². The Hall–Kier alpha value is 3.20. The van der Waals surface area contributed by atoms with Crippen LogP contribution in [0, 0.1) is 0 Å². The van der Waals surface area contributed by atoms with Crippen LogP contribution in [-0.2, 0) is 0 Å². The minimum absolute atomic E-state index is 0. The summed E-state index contributed by atoms with van der Waals surface area (Å²) in [6.07, 6.45) is 0. The summed E-state index contributed by atoms with van der Waals surface area (Å²) in [5.41, 5.74) is 0. The smallest absolute Gasteiger partial charge is 0.907 e. The summed E-state index contributed by atoms with van der Waals surface area (Å²) < 4.78 is 0. The fourth-order valence-electron chi connectivity index (χ4n) is 0. The van der Waals surface area contributed by atoms with Crippen LogP contribution < -0.4 is 126 Å². The molecule has 0 amide bonds. The first-order valence-corrected chi connectivity index (χ1v) is 3.81. The molecule has 0 rings (SSSR count). The Morgan fingerprint density at radius 2 is 0.370 bits per heavy atom. The SMILES string of the molecule is O.O.O.O.OB(O)O.OB(O)O.OB(O)O.OB(O)O.[K+].[Na+].[Na+].[O-]B([O-])[O-]. The van der Waals surface area contributed by atoms with Gasteiger partial charge in [-0.15, -0.1) is 0 Å². The van der Waals surface area contributed by atoms with Crippen LogP contribution in [0.25, 0.3) is 0 Å². The molecule has 0 aliphatic rings. The summed E-state index contributed by atoms with van der Waals surface area (Å²) in [6, 6.07) is 0. The number of hydrogen-bond acceptors (Lipinski definition) is 15. The average molecular weight is 463 g/mol. The van der Waals surface area contributed by atoms with Crippen molar-refractivity contribution in [2.45, 2.75) is 0 Å². The van der Waals surface area contributed by atoms with E-state index in [1.807, 2.05) is 0 Å². The van der Waals surface area contributed by atoms with Crippen molar-refractivity contribution in [2.75, 3.05) is 0 Å². The summed E-state index contributed by atoms with van der Waals surface area (Å²) in [4.78, 5) is 0. The molecule has 0 radical (unpaired) electrons. The molecule has 0 aliphatic heterocycles. The number of hydrogen-bond donors (Lipinski definition) is 12. The molecule has 20 N–H and O–H groups in total. The van der Waals surface area contributed by atoms with E-state index in [4.69, 9.17) is 75.4 Å². The van der Waals surface area contributed by atoms with Gasteiger partial charge in [0, 0.05) is 0 Å². The Labute approximate surface area is 241 Å². The minimum Gasteiger partial charge on any atom is -0.907 e. The Morgan fingerprint density at radius 3 is 0.370 bits per heavy atom. The van der Waals surface area contributed by atoms with Gasteiger partial charge in [0.2, 0.25) is 0 Å². The van der Waals surface area contributed by atoms with Crippen LogP contribution >= 0.6 is 0 Å². The van der Waals surface area contributed by atoms with Crippen LogP contribution in [-0.4, -0.2) is 119 Å². The second kappa shape index (κ2) is 70.1. The van der Waals surface area contributed by atoms with Crippen LogP contribution in [0.2, 0.25) is 0 Å². The van der Waals surface area contributed by atoms with Crippen molar-refractivity contribution in [3.63, 3.8) is 0 Å². The van der Waals surface area contributed by atoms with Gasteiger partial charge in [0.05, 0.1) is 0 Å². The molecule has 0 aromatic carbocycles. The maximum Gasteiger partial charge on any atom is 1.00 e. The molecule has 0 unspecified atom stereocenters. The maximum atomic E-state index is 8.42. The van der Waals surface area contributed by atoms with Crippen LogP contribution in [0.4, 0.5) is 0 Å². The van der Waals surface area contributed by atoms with Crippen molar-refractivity contribution in [1.29, 1.82) is 0 Å². The third-order valence-corrected chi connectivity index (χ3v) is 0. The molecule has 152 valence electrons. The van der Waals surface area contributed by atoms with E-state index in [1.54, 1.807) is 0 Å². The second-order valence-corrected chi connectivity index (χ2v) is 1.67. The second-order valence-electron chi connectivity index (χ2n) is 1.67. The van der Waals surface area contributed by atoms with E-state index in [1.165, 1.54) is 0 Å². The van der Waals surface area contributed by atoms with E-state index in [0.29, 0.717) is 0 Å². The molecule has 0 atom stereocenters. The van der Waals surface area contributed by atoms with E-state index >= 15 is 0 Å². The summed E-state index contributed by atoms with van der Waals surface area (Å²) in [5.74, 6) is 0. The van der Waals surface area contributed by atoms with Gasteiger partial charge in [0.25, 0.3) is 0 Å². The van der Waals surface area contributed by atoms with Crippen molar-refractivity contribution < 1.29 is 208 Å². The zero-order valence-corrected chi connectivity index (χ0v) is 21.6. The summed E-state index contributed by atoms with van der Waals surface area (Å²) >= 11 is 0. The van der Waals surface area contributed by atoms with Crippen molar-refractivity contribution in [2.24, 2.45) is 0 Å². The minimum atomic E-state index is -2.92. The number of rotatable bonds is 0. The molecule has 0 saturated heterocycles. The van der Waals surface area contributed by atoms with Gasteiger partial charge >= 0.3 is 140 Å². The first-order valence-electron chi connectivity index (χ1n) is 3.81. The molecule has 0 aromatic heterocycles. The topological polar surface area (TPSA) is 438 Å². The van der Waals surface area contributed by atoms with Crippen molar-refractivity contribution in [1.82, 2.24) is 0 Å². The van der Waals surface area contributed by atoms with Gasteiger partial charge < -0.3 is 97.3 Å². The molecule has 0 aromatic rings. The van der Waals surface area contributed by atoms with E-state index in [9.17, 15) is 0 Å². The van der Waals surface area contributed by atoms with Crippen molar-refractivity contribution in [3.8, 4) is 0 Å². The van der Waals surface area contributed by atoms with Crippen LogP contribution in [0.3, 0.4) is 0 Å². The average Bonchev–Trinajstić information content (AvgIpc) is 1.94. The van der Waals surface area contributed by atoms with Gasteiger partial charge in [-0.1, -0.05) is 0 Å². The van der Waals surface area contributed by atoms with Gasteiger partial charge in [-0.05, 0) is 0 Å². The maximum absolute atomic E-state index is 8.42. The molecule has 0 fully saturated rings. The van der Waals surface area contributed by atoms with Crippen molar-refractivity contribution >= 4 is 36.6 Å². The fraction of sp³-hybridized carbons (Fsp3) is 0. The zero-order chi connectivity index (χ0) is 17.9. The Kier molecular flexibility index (Phi) is 202. The molecule has 27 heteroatoms. The standard InChI is InChI=1S/4BH3O3.BO3.K.2Na.4H2O/c5*2-1(3)4;;;;;;;/h4*2-4H;;;;;4*1H2/q;;;;-3;3*+1;;;;. The van der Waals surface area contributed by atoms with Crippen molar-refractivity contribution in [3.05, 3.63) is 0 Å². The Morgan fingerprint density at radius 1 is 0.370 bits per heavy atom. The molecular formula is H20B5KNa2O19. The fourth-order valence-corrected chi connectivity index (χ4v) is 0. The van der Waals surface area contributed by atoms with E-state index in [2.05, 4.69) is 0 Å². The first kappa shape index (κ1) is 77.7. The third kappa shape index (κ3) is 2110. The summed E-state index contributed by atoms with van der Waals surface area (Å²) in [7, 11) is -11.6. The van der Waals surface area contributed by atoms with Gasteiger partial charge in [-0.2, -0.15) is 0 Å². The van der Waals surface area contributed by atoms with Crippen LogP contribution in [0.15, 0.2) is 0 Å².